The first-order valence-corrected chi connectivity index (χ1v) is 9.78. The lowest BCUT2D eigenvalue weighted by Gasteiger charge is -2.33. The summed E-state index contributed by atoms with van der Waals surface area (Å²) in [6.45, 7) is 5.96. The summed E-state index contributed by atoms with van der Waals surface area (Å²) in [5, 5.41) is 0. The number of ether oxygens (including phenoxy) is 1. The van der Waals surface area contributed by atoms with Gasteiger partial charge in [0.05, 0.1) is 11.4 Å². The molecule has 128 valence electrons. The number of pyridine rings is 1. The van der Waals surface area contributed by atoms with Crippen LogP contribution in [0, 0.1) is 0 Å². The van der Waals surface area contributed by atoms with Crippen LogP contribution in [0.5, 0.6) is 5.88 Å². The summed E-state index contributed by atoms with van der Waals surface area (Å²) >= 11 is 0. The molecule has 0 atom stereocenters. The maximum Gasteiger partial charge on any atom is 0.217 e. The third-order valence-electron chi connectivity index (χ3n) is 4.74. The molecule has 2 aliphatic rings. The van der Waals surface area contributed by atoms with Gasteiger partial charge in [-0.3, -0.25) is 0 Å². The Morgan fingerprint density at radius 3 is 2.65 bits per heavy atom. The fourth-order valence-corrected chi connectivity index (χ4v) is 4.44. The van der Waals surface area contributed by atoms with E-state index in [-0.39, 0.29) is 6.04 Å². The molecule has 1 aromatic rings. The number of hydrogen-bond donors (Lipinski definition) is 1. The van der Waals surface area contributed by atoms with Gasteiger partial charge in [0.2, 0.25) is 15.9 Å². The van der Waals surface area contributed by atoms with E-state index in [4.69, 9.17) is 4.74 Å². The highest BCUT2D eigenvalue weighted by molar-refractivity contribution is 7.91. The normalized spacial score (nSPS) is 21.2. The molecule has 1 saturated heterocycles. The maximum absolute atomic E-state index is 12.3. The summed E-state index contributed by atoms with van der Waals surface area (Å²) in [7, 11) is -3.19. The molecule has 7 heteroatoms. The van der Waals surface area contributed by atoms with Crippen LogP contribution in [-0.2, 0) is 10.0 Å². The zero-order valence-corrected chi connectivity index (χ0v) is 14.6. The number of nitrogens with zero attached hydrogens (tertiary/aromatic N) is 2. The SMILES string of the molecule is CCOc1cccc(N2CCC(NS(=O)(=O)C3(C)CC3)CC2)n1. The molecule has 0 aromatic carbocycles. The topological polar surface area (TPSA) is 71.5 Å². The van der Waals surface area contributed by atoms with Gasteiger partial charge in [-0.05, 0) is 45.6 Å². The highest BCUT2D eigenvalue weighted by Crippen LogP contribution is 2.42. The molecule has 2 fully saturated rings. The summed E-state index contributed by atoms with van der Waals surface area (Å²) in [6.07, 6.45) is 3.15. The predicted molar refractivity (Wildman–Crippen MR) is 90.3 cm³/mol. The molecule has 0 spiro atoms. The Hall–Kier alpha value is -1.34. The van der Waals surface area contributed by atoms with Crippen LogP contribution in [0.1, 0.15) is 39.5 Å². The van der Waals surface area contributed by atoms with Gasteiger partial charge in [-0.1, -0.05) is 6.07 Å². The molecule has 0 bridgehead atoms. The van der Waals surface area contributed by atoms with E-state index in [1.807, 2.05) is 32.0 Å². The van der Waals surface area contributed by atoms with E-state index in [9.17, 15) is 8.42 Å². The van der Waals surface area contributed by atoms with Gasteiger partial charge in [0.15, 0.2) is 0 Å². The van der Waals surface area contributed by atoms with E-state index >= 15 is 0 Å². The third kappa shape index (κ3) is 3.61. The van der Waals surface area contributed by atoms with Crippen molar-refractivity contribution in [1.29, 1.82) is 0 Å². The second-order valence-electron chi connectivity index (χ2n) is 6.60. The number of nitrogens with one attached hydrogen (secondary N) is 1. The molecule has 0 unspecified atom stereocenters. The summed E-state index contributed by atoms with van der Waals surface area (Å²) in [6, 6.07) is 5.79. The largest absolute Gasteiger partial charge is 0.478 e. The molecule has 6 nitrogen and oxygen atoms in total. The van der Waals surface area contributed by atoms with Crippen molar-refractivity contribution in [3.8, 4) is 5.88 Å². The standard InChI is InChI=1S/C16H25N3O3S/c1-3-22-15-6-4-5-14(17-15)19-11-7-13(8-12-19)18-23(20,21)16(2)9-10-16/h4-6,13,18H,3,7-12H2,1-2H3. The van der Waals surface area contributed by atoms with Crippen molar-refractivity contribution in [3.63, 3.8) is 0 Å². The van der Waals surface area contributed by atoms with Crippen LogP contribution in [0.3, 0.4) is 0 Å². The molecule has 2 heterocycles. The van der Waals surface area contributed by atoms with Crippen molar-refractivity contribution >= 4 is 15.8 Å². The second kappa shape index (κ2) is 6.28. The quantitative estimate of drug-likeness (QED) is 0.857. The van der Waals surface area contributed by atoms with Crippen LogP contribution in [0.2, 0.25) is 0 Å². The lowest BCUT2D eigenvalue weighted by Crippen LogP contribution is -2.47. The van der Waals surface area contributed by atoms with E-state index in [2.05, 4.69) is 14.6 Å². The Kier molecular flexibility index (Phi) is 4.51. The number of hydrogen-bond acceptors (Lipinski definition) is 5. The number of piperidine rings is 1. The minimum atomic E-state index is -3.19. The highest BCUT2D eigenvalue weighted by Gasteiger charge is 2.50. The molecular weight excluding hydrogens is 314 g/mol. The lowest BCUT2D eigenvalue weighted by molar-refractivity contribution is 0.326. The van der Waals surface area contributed by atoms with Gasteiger partial charge in [0, 0.05) is 25.2 Å². The third-order valence-corrected chi connectivity index (χ3v) is 7.09. The number of anilines is 1. The van der Waals surface area contributed by atoms with Crippen LogP contribution in [0.15, 0.2) is 18.2 Å². The smallest absolute Gasteiger partial charge is 0.217 e. The molecule has 1 aliphatic heterocycles. The Morgan fingerprint density at radius 2 is 2.04 bits per heavy atom. The molecule has 23 heavy (non-hydrogen) atoms. The van der Waals surface area contributed by atoms with E-state index in [0.29, 0.717) is 12.5 Å². The van der Waals surface area contributed by atoms with Crippen molar-refractivity contribution in [2.45, 2.75) is 50.3 Å². The van der Waals surface area contributed by atoms with Gasteiger partial charge in [0.1, 0.15) is 5.82 Å². The first kappa shape index (κ1) is 16.5. The van der Waals surface area contributed by atoms with Crippen LogP contribution < -0.4 is 14.4 Å². The number of aromatic nitrogens is 1. The van der Waals surface area contributed by atoms with Crippen molar-refractivity contribution in [2.24, 2.45) is 0 Å². The van der Waals surface area contributed by atoms with Gasteiger partial charge in [-0.15, -0.1) is 0 Å². The van der Waals surface area contributed by atoms with Crippen LogP contribution in [0.4, 0.5) is 5.82 Å². The van der Waals surface area contributed by atoms with E-state index in [1.54, 1.807) is 0 Å². The molecule has 1 N–H and O–H groups in total. The average Bonchev–Trinajstić information content (AvgIpc) is 3.28. The minimum absolute atomic E-state index is 0.0312. The van der Waals surface area contributed by atoms with Crippen LogP contribution in [-0.4, -0.2) is 43.9 Å². The molecule has 1 aromatic heterocycles. The van der Waals surface area contributed by atoms with Crippen LogP contribution >= 0.6 is 0 Å². The minimum Gasteiger partial charge on any atom is -0.478 e. The lowest BCUT2D eigenvalue weighted by atomic mass is 10.1. The molecule has 1 aliphatic carbocycles. The predicted octanol–water partition coefficient (Wildman–Crippen LogP) is 1.92. The van der Waals surface area contributed by atoms with E-state index < -0.39 is 14.8 Å². The summed E-state index contributed by atoms with van der Waals surface area (Å²) in [5.74, 6) is 1.53. The van der Waals surface area contributed by atoms with Crippen molar-refractivity contribution in [3.05, 3.63) is 18.2 Å². The summed E-state index contributed by atoms with van der Waals surface area (Å²) in [4.78, 5) is 6.69. The van der Waals surface area contributed by atoms with E-state index in [0.717, 1.165) is 44.6 Å². The first-order chi connectivity index (χ1) is 10.9. The van der Waals surface area contributed by atoms with E-state index in [1.165, 1.54) is 0 Å². The zero-order valence-electron chi connectivity index (χ0n) is 13.8. The summed E-state index contributed by atoms with van der Waals surface area (Å²) in [5.41, 5.74) is 0. The van der Waals surface area contributed by atoms with Crippen molar-refractivity contribution in [1.82, 2.24) is 9.71 Å². The van der Waals surface area contributed by atoms with Crippen molar-refractivity contribution < 1.29 is 13.2 Å². The maximum atomic E-state index is 12.3. The van der Waals surface area contributed by atoms with Gasteiger partial charge < -0.3 is 9.64 Å². The fourth-order valence-electron chi connectivity index (χ4n) is 2.84. The van der Waals surface area contributed by atoms with Gasteiger partial charge in [-0.25, -0.2) is 13.1 Å². The number of sulfonamides is 1. The van der Waals surface area contributed by atoms with Gasteiger partial charge in [0.25, 0.3) is 0 Å². The average molecular weight is 339 g/mol. The summed E-state index contributed by atoms with van der Waals surface area (Å²) < 4.78 is 32.4. The first-order valence-electron chi connectivity index (χ1n) is 8.30. The van der Waals surface area contributed by atoms with Crippen molar-refractivity contribution in [2.75, 3.05) is 24.6 Å². The molecule has 0 radical (unpaired) electrons. The number of rotatable bonds is 6. The Labute approximate surface area is 138 Å². The zero-order chi connectivity index (χ0) is 16.5. The Morgan fingerprint density at radius 1 is 1.35 bits per heavy atom. The Bertz CT molecular complexity index is 650. The molecule has 0 amide bonds. The van der Waals surface area contributed by atoms with Gasteiger partial charge in [-0.2, -0.15) is 4.98 Å². The Balaban J connectivity index is 1.57. The molecular formula is C16H25N3O3S. The fraction of sp³-hybridized carbons (Fsp3) is 0.688. The monoisotopic (exact) mass is 339 g/mol. The molecule has 3 rings (SSSR count). The highest BCUT2D eigenvalue weighted by atomic mass is 32.2. The van der Waals surface area contributed by atoms with Crippen LogP contribution in [0.25, 0.3) is 0 Å². The van der Waals surface area contributed by atoms with Gasteiger partial charge >= 0.3 is 0 Å². The second-order valence-corrected chi connectivity index (χ2v) is 8.83. The molecule has 1 saturated carbocycles.